The lowest BCUT2D eigenvalue weighted by atomic mass is 10.0. The molecule has 2 unspecified atom stereocenters. The Labute approximate surface area is 99.8 Å². The summed E-state index contributed by atoms with van der Waals surface area (Å²) in [5.74, 6) is -2.36. The van der Waals surface area contributed by atoms with Gasteiger partial charge < -0.3 is 15.3 Å². The van der Waals surface area contributed by atoms with Crippen molar-refractivity contribution < 1.29 is 24.5 Å². The molecule has 0 heterocycles. The summed E-state index contributed by atoms with van der Waals surface area (Å²) in [6.07, 6.45) is -3.90. The molecular formula is C9H7Cl2FO4. The predicted molar refractivity (Wildman–Crippen MR) is 55.0 cm³/mol. The van der Waals surface area contributed by atoms with Crippen LogP contribution in [0.1, 0.15) is 11.7 Å². The Kier molecular flexibility index (Phi) is 4.09. The van der Waals surface area contributed by atoms with Gasteiger partial charge in [0.15, 0.2) is 6.10 Å². The third-order valence-electron chi connectivity index (χ3n) is 1.89. The minimum absolute atomic E-state index is 0.223. The fourth-order valence-corrected chi connectivity index (χ4v) is 1.81. The number of hydrogen-bond donors (Lipinski definition) is 3. The van der Waals surface area contributed by atoms with Gasteiger partial charge in [0.2, 0.25) is 0 Å². The second kappa shape index (κ2) is 4.97. The number of carboxylic acid groups (broad SMARTS) is 1. The number of carboxylic acids is 1. The Morgan fingerprint density at radius 1 is 1.25 bits per heavy atom. The first-order chi connectivity index (χ1) is 7.34. The molecule has 0 radical (unpaired) electrons. The van der Waals surface area contributed by atoms with Gasteiger partial charge >= 0.3 is 5.97 Å². The summed E-state index contributed by atoms with van der Waals surface area (Å²) in [6, 6.07) is 1.72. The van der Waals surface area contributed by atoms with Gasteiger partial charge in [0.25, 0.3) is 0 Å². The number of aliphatic hydroxyl groups is 2. The van der Waals surface area contributed by atoms with Crippen LogP contribution < -0.4 is 0 Å². The molecule has 0 saturated carbocycles. The molecule has 0 aliphatic rings. The molecule has 1 aromatic carbocycles. The molecule has 16 heavy (non-hydrogen) atoms. The molecule has 0 fully saturated rings. The highest BCUT2D eigenvalue weighted by Crippen LogP contribution is 2.33. The average molecular weight is 269 g/mol. The zero-order chi connectivity index (χ0) is 12.5. The van der Waals surface area contributed by atoms with Crippen molar-refractivity contribution in [2.45, 2.75) is 12.2 Å². The lowest BCUT2D eigenvalue weighted by molar-refractivity contribution is -0.153. The van der Waals surface area contributed by atoms with Gasteiger partial charge in [0, 0.05) is 5.56 Å². The molecule has 0 amide bonds. The van der Waals surface area contributed by atoms with E-state index in [1.165, 1.54) is 0 Å². The van der Waals surface area contributed by atoms with E-state index in [4.69, 9.17) is 33.4 Å². The summed E-state index contributed by atoms with van der Waals surface area (Å²) >= 11 is 11.2. The fourth-order valence-electron chi connectivity index (χ4n) is 1.13. The van der Waals surface area contributed by atoms with E-state index in [1.807, 2.05) is 0 Å². The van der Waals surface area contributed by atoms with Crippen molar-refractivity contribution in [1.29, 1.82) is 0 Å². The van der Waals surface area contributed by atoms with E-state index in [1.54, 1.807) is 0 Å². The maximum Gasteiger partial charge on any atom is 0.335 e. The normalized spacial score (nSPS) is 14.6. The van der Waals surface area contributed by atoms with E-state index < -0.39 is 24.0 Å². The summed E-state index contributed by atoms with van der Waals surface area (Å²) in [5.41, 5.74) is -0.223. The van der Waals surface area contributed by atoms with Crippen LogP contribution in [0.25, 0.3) is 0 Å². The van der Waals surface area contributed by atoms with Crippen LogP contribution in [0.5, 0.6) is 0 Å². The van der Waals surface area contributed by atoms with Crippen LogP contribution in [-0.4, -0.2) is 27.4 Å². The molecule has 0 aliphatic carbocycles. The highest BCUT2D eigenvalue weighted by Gasteiger charge is 2.29. The largest absolute Gasteiger partial charge is 0.479 e. The van der Waals surface area contributed by atoms with Crippen molar-refractivity contribution in [1.82, 2.24) is 0 Å². The highest BCUT2D eigenvalue weighted by molar-refractivity contribution is 6.36. The van der Waals surface area contributed by atoms with Crippen LogP contribution in [0.15, 0.2) is 12.1 Å². The average Bonchev–Trinajstić information content (AvgIpc) is 2.14. The third-order valence-corrected chi connectivity index (χ3v) is 2.52. The van der Waals surface area contributed by atoms with E-state index in [9.17, 15) is 14.3 Å². The molecule has 4 nitrogen and oxygen atoms in total. The first-order valence-electron chi connectivity index (χ1n) is 4.08. The van der Waals surface area contributed by atoms with Crippen molar-refractivity contribution in [3.63, 3.8) is 0 Å². The molecule has 7 heteroatoms. The van der Waals surface area contributed by atoms with E-state index in [0.717, 1.165) is 12.1 Å². The van der Waals surface area contributed by atoms with E-state index in [2.05, 4.69) is 0 Å². The molecule has 0 saturated heterocycles. The Bertz CT molecular complexity index is 401. The van der Waals surface area contributed by atoms with Crippen LogP contribution in [0.3, 0.4) is 0 Å². The second-order valence-electron chi connectivity index (χ2n) is 3.01. The van der Waals surface area contributed by atoms with Crippen molar-refractivity contribution in [2.75, 3.05) is 0 Å². The van der Waals surface area contributed by atoms with Crippen LogP contribution in [0.4, 0.5) is 4.39 Å². The zero-order valence-corrected chi connectivity index (χ0v) is 9.21. The molecule has 0 aliphatic heterocycles. The monoisotopic (exact) mass is 268 g/mol. The Hall–Kier alpha value is -0.880. The topological polar surface area (TPSA) is 77.8 Å². The lowest BCUT2D eigenvalue weighted by Crippen LogP contribution is -2.27. The SMILES string of the molecule is O=C(O)C(O)C(O)c1c(Cl)cc(F)cc1Cl. The van der Waals surface area contributed by atoms with Crippen LogP contribution >= 0.6 is 23.2 Å². The van der Waals surface area contributed by atoms with Crippen LogP contribution in [0.2, 0.25) is 10.0 Å². The number of hydrogen-bond acceptors (Lipinski definition) is 3. The van der Waals surface area contributed by atoms with E-state index in [-0.39, 0.29) is 15.6 Å². The Balaban J connectivity index is 3.18. The fraction of sp³-hybridized carbons (Fsp3) is 0.222. The summed E-state index contributed by atoms with van der Waals surface area (Å²) in [7, 11) is 0. The van der Waals surface area contributed by atoms with Gasteiger partial charge in [-0.2, -0.15) is 0 Å². The van der Waals surface area contributed by atoms with Crippen molar-refractivity contribution >= 4 is 29.2 Å². The minimum Gasteiger partial charge on any atom is -0.479 e. The predicted octanol–water partition coefficient (Wildman–Crippen LogP) is 1.61. The molecule has 0 spiro atoms. The van der Waals surface area contributed by atoms with E-state index >= 15 is 0 Å². The molecule has 0 aromatic heterocycles. The maximum atomic E-state index is 12.8. The third kappa shape index (κ3) is 2.62. The van der Waals surface area contributed by atoms with Gasteiger partial charge in [-0.05, 0) is 12.1 Å². The first-order valence-corrected chi connectivity index (χ1v) is 4.83. The number of aliphatic hydroxyl groups excluding tert-OH is 2. The van der Waals surface area contributed by atoms with Crippen LogP contribution in [-0.2, 0) is 4.79 Å². The molecule has 0 bridgehead atoms. The van der Waals surface area contributed by atoms with Gasteiger partial charge in [-0.15, -0.1) is 0 Å². The number of rotatable bonds is 3. The summed E-state index contributed by atoms with van der Waals surface area (Å²) < 4.78 is 12.8. The number of halogens is 3. The quantitative estimate of drug-likeness (QED) is 0.779. The van der Waals surface area contributed by atoms with Gasteiger partial charge in [0.1, 0.15) is 11.9 Å². The molecule has 1 rings (SSSR count). The molecule has 3 N–H and O–H groups in total. The van der Waals surface area contributed by atoms with Gasteiger partial charge in [-0.25, -0.2) is 9.18 Å². The highest BCUT2D eigenvalue weighted by atomic mass is 35.5. The minimum atomic E-state index is -2.08. The standard InChI is InChI=1S/C9H7Cl2FO4/c10-4-1-3(12)2-5(11)6(4)7(13)8(14)9(15)16/h1-2,7-8,13-14H,(H,15,16). The number of aliphatic carboxylic acids is 1. The van der Waals surface area contributed by atoms with Gasteiger partial charge in [0.05, 0.1) is 10.0 Å². The number of benzene rings is 1. The first kappa shape index (κ1) is 13.2. The lowest BCUT2D eigenvalue weighted by Gasteiger charge is -2.17. The van der Waals surface area contributed by atoms with Crippen LogP contribution in [0, 0.1) is 5.82 Å². The molecular weight excluding hydrogens is 262 g/mol. The molecule has 88 valence electrons. The van der Waals surface area contributed by atoms with E-state index in [0.29, 0.717) is 0 Å². The summed E-state index contributed by atoms with van der Waals surface area (Å²) in [6.45, 7) is 0. The maximum absolute atomic E-state index is 12.8. The van der Waals surface area contributed by atoms with Gasteiger partial charge in [-0.3, -0.25) is 0 Å². The molecule has 1 aromatic rings. The van der Waals surface area contributed by atoms with Crippen molar-refractivity contribution in [3.8, 4) is 0 Å². The van der Waals surface area contributed by atoms with Gasteiger partial charge in [-0.1, -0.05) is 23.2 Å². The van der Waals surface area contributed by atoms with Crippen molar-refractivity contribution in [2.24, 2.45) is 0 Å². The molecule has 2 atom stereocenters. The number of carbonyl (C=O) groups is 1. The summed E-state index contributed by atoms with van der Waals surface area (Å²) in [4.78, 5) is 10.4. The summed E-state index contributed by atoms with van der Waals surface area (Å²) in [5, 5.41) is 26.6. The van der Waals surface area contributed by atoms with Crippen molar-refractivity contribution in [3.05, 3.63) is 33.6 Å². The Morgan fingerprint density at radius 3 is 2.06 bits per heavy atom. The Morgan fingerprint density at radius 2 is 1.69 bits per heavy atom. The zero-order valence-electron chi connectivity index (χ0n) is 7.69. The smallest absolute Gasteiger partial charge is 0.335 e. The second-order valence-corrected chi connectivity index (χ2v) is 3.83.